The maximum atomic E-state index is 12.4. The van der Waals surface area contributed by atoms with Gasteiger partial charge in [-0.1, -0.05) is 66.7 Å². The molecular formula is C21H15NO2. The zero-order valence-corrected chi connectivity index (χ0v) is 13.0. The highest BCUT2D eigenvalue weighted by Gasteiger charge is 2.35. The molecule has 116 valence electrons. The quantitative estimate of drug-likeness (QED) is 0.683. The molecule has 0 atom stereocenters. The Morgan fingerprint density at radius 1 is 0.708 bits per heavy atom. The molecule has 0 saturated carbocycles. The summed E-state index contributed by atoms with van der Waals surface area (Å²) in [5.41, 5.74) is 4.14. The van der Waals surface area contributed by atoms with E-state index in [1.807, 2.05) is 78.9 Å². The molecule has 1 heterocycles. The summed E-state index contributed by atoms with van der Waals surface area (Å²) in [4.78, 5) is 26.3. The van der Waals surface area contributed by atoms with Crippen LogP contribution in [0.5, 0.6) is 0 Å². The number of hydrogen-bond donors (Lipinski definition) is 0. The van der Waals surface area contributed by atoms with Crippen LogP contribution in [-0.2, 0) is 11.3 Å². The second-order valence-electron chi connectivity index (χ2n) is 5.80. The number of benzene rings is 3. The van der Waals surface area contributed by atoms with Crippen LogP contribution in [0.2, 0.25) is 0 Å². The Labute approximate surface area is 140 Å². The predicted molar refractivity (Wildman–Crippen MR) is 93.8 cm³/mol. The second-order valence-corrected chi connectivity index (χ2v) is 5.80. The summed E-state index contributed by atoms with van der Waals surface area (Å²) in [5.74, 6) is -0.891. The van der Waals surface area contributed by atoms with Gasteiger partial charge in [-0.25, -0.2) is 0 Å². The highest BCUT2D eigenvalue weighted by atomic mass is 16.2. The third-order valence-corrected chi connectivity index (χ3v) is 4.26. The van der Waals surface area contributed by atoms with Crippen LogP contribution < -0.4 is 4.90 Å². The predicted octanol–water partition coefficient (Wildman–Crippen LogP) is 4.08. The molecule has 0 saturated heterocycles. The van der Waals surface area contributed by atoms with E-state index in [-0.39, 0.29) is 0 Å². The van der Waals surface area contributed by atoms with Crippen LogP contribution in [0.1, 0.15) is 15.9 Å². The van der Waals surface area contributed by atoms with Crippen molar-refractivity contribution >= 4 is 17.4 Å². The van der Waals surface area contributed by atoms with E-state index in [9.17, 15) is 9.59 Å². The first kappa shape index (κ1) is 14.4. The lowest BCUT2D eigenvalue weighted by molar-refractivity contribution is -0.114. The molecule has 0 aliphatic carbocycles. The molecule has 1 amide bonds. The SMILES string of the molecule is O=C1C(=O)N(Cc2ccccc2)c2ccc(-c3ccccc3)cc21. The Kier molecular flexibility index (Phi) is 3.47. The van der Waals surface area contributed by atoms with Gasteiger partial charge in [0, 0.05) is 0 Å². The van der Waals surface area contributed by atoms with E-state index in [2.05, 4.69) is 0 Å². The summed E-state index contributed by atoms with van der Waals surface area (Å²) in [7, 11) is 0. The molecule has 1 aliphatic heterocycles. The normalized spacial score (nSPS) is 13.2. The van der Waals surface area contributed by atoms with E-state index in [1.165, 1.54) is 0 Å². The van der Waals surface area contributed by atoms with Gasteiger partial charge in [0.15, 0.2) is 0 Å². The summed E-state index contributed by atoms with van der Waals surface area (Å²) in [5, 5.41) is 0. The number of anilines is 1. The third-order valence-electron chi connectivity index (χ3n) is 4.26. The number of Topliss-reactive ketones (excluding diaryl/α,β-unsaturated/α-hetero) is 1. The smallest absolute Gasteiger partial charge is 0.299 e. The first-order chi connectivity index (χ1) is 11.7. The van der Waals surface area contributed by atoms with E-state index >= 15 is 0 Å². The standard InChI is InChI=1S/C21H15NO2/c23-20-18-13-17(16-9-5-2-6-10-16)11-12-19(18)22(21(20)24)14-15-7-3-1-4-8-15/h1-13H,14H2. The Balaban J connectivity index is 1.73. The summed E-state index contributed by atoms with van der Waals surface area (Å²) in [6, 6.07) is 25.2. The minimum atomic E-state index is -0.459. The molecule has 4 rings (SSSR count). The van der Waals surface area contributed by atoms with Gasteiger partial charge >= 0.3 is 0 Å². The Hall–Kier alpha value is -3.20. The Morgan fingerprint density at radius 3 is 2.08 bits per heavy atom. The monoisotopic (exact) mass is 313 g/mol. The minimum Gasteiger partial charge on any atom is -0.300 e. The van der Waals surface area contributed by atoms with Crippen LogP contribution in [-0.4, -0.2) is 11.7 Å². The van der Waals surface area contributed by atoms with Crippen LogP contribution in [0.25, 0.3) is 11.1 Å². The lowest BCUT2D eigenvalue weighted by atomic mass is 10.0. The fraction of sp³-hybridized carbons (Fsp3) is 0.0476. The zero-order chi connectivity index (χ0) is 16.5. The van der Waals surface area contributed by atoms with Crippen molar-refractivity contribution < 1.29 is 9.59 Å². The van der Waals surface area contributed by atoms with Crippen LogP contribution in [0, 0.1) is 0 Å². The number of ketones is 1. The molecule has 3 heteroatoms. The van der Waals surface area contributed by atoms with E-state index in [0.29, 0.717) is 17.8 Å². The molecule has 0 aromatic heterocycles. The van der Waals surface area contributed by atoms with Gasteiger partial charge in [-0.3, -0.25) is 9.59 Å². The molecule has 0 spiro atoms. The third kappa shape index (κ3) is 2.40. The molecule has 0 N–H and O–H groups in total. The lowest BCUT2D eigenvalue weighted by Gasteiger charge is -2.16. The van der Waals surface area contributed by atoms with E-state index in [1.54, 1.807) is 4.90 Å². The van der Waals surface area contributed by atoms with Gasteiger partial charge in [0.1, 0.15) is 0 Å². The number of hydrogen-bond acceptors (Lipinski definition) is 2. The number of nitrogens with zero attached hydrogens (tertiary/aromatic N) is 1. The highest BCUT2D eigenvalue weighted by Crippen LogP contribution is 2.33. The van der Waals surface area contributed by atoms with Crippen molar-refractivity contribution in [2.45, 2.75) is 6.54 Å². The number of fused-ring (bicyclic) bond motifs is 1. The first-order valence-corrected chi connectivity index (χ1v) is 7.83. The summed E-state index contributed by atoms with van der Waals surface area (Å²) in [6.45, 7) is 0.406. The summed E-state index contributed by atoms with van der Waals surface area (Å²) >= 11 is 0. The molecule has 0 radical (unpaired) electrons. The molecule has 3 aromatic carbocycles. The zero-order valence-electron chi connectivity index (χ0n) is 13.0. The van der Waals surface area contributed by atoms with Crippen LogP contribution in [0.15, 0.2) is 78.9 Å². The Bertz CT molecular complexity index is 917. The average molecular weight is 313 g/mol. The van der Waals surface area contributed by atoms with Crippen molar-refractivity contribution in [3.05, 3.63) is 90.0 Å². The number of rotatable bonds is 3. The van der Waals surface area contributed by atoms with Crippen molar-refractivity contribution in [3.63, 3.8) is 0 Å². The fourth-order valence-electron chi connectivity index (χ4n) is 3.03. The number of carbonyl (C=O) groups is 2. The van der Waals surface area contributed by atoms with Gasteiger partial charge in [0.05, 0.1) is 17.8 Å². The van der Waals surface area contributed by atoms with Crippen molar-refractivity contribution in [2.24, 2.45) is 0 Å². The molecule has 0 bridgehead atoms. The molecule has 1 aliphatic rings. The average Bonchev–Trinajstić information content (AvgIpc) is 2.88. The molecule has 24 heavy (non-hydrogen) atoms. The number of carbonyl (C=O) groups excluding carboxylic acids is 2. The topological polar surface area (TPSA) is 37.4 Å². The van der Waals surface area contributed by atoms with E-state index in [4.69, 9.17) is 0 Å². The summed E-state index contributed by atoms with van der Waals surface area (Å²) in [6.07, 6.45) is 0. The minimum absolute atomic E-state index is 0.406. The van der Waals surface area contributed by atoms with Gasteiger partial charge in [0.2, 0.25) is 0 Å². The molecular weight excluding hydrogens is 298 g/mol. The molecule has 0 fully saturated rings. The maximum absolute atomic E-state index is 12.4. The largest absolute Gasteiger partial charge is 0.300 e. The van der Waals surface area contributed by atoms with Gasteiger partial charge in [-0.15, -0.1) is 0 Å². The van der Waals surface area contributed by atoms with E-state index < -0.39 is 11.7 Å². The first-order valence-electron chi connectivity index (χ1n) is 7.83. The maximum Gasteiger partial charge on any atom is 0.299 e. The van der Waals surface area contributed by atoms with Crippen molar-refractivity contribution in [1.29, 1.82) is 0 Å². The lowest BCUT2D eigenvalue weighted by Crippen LogP contribution is -2.29. The van der Waals surface area contributed by atoms with Gasteiger partial charge in [-0.05, 0) is 28.8 Å². The van der Waals surface area contributed by atoms with E-state index in [0.717, 1.165) is 16.7 Å². The van der Waals surface area contributed by atoms with Gasteiger partial charge in [-0.2, -0.15) is 0 Å². The van der Waals surface area contributed by atoms with Gasteiger partial charge < -0.3 is 4.90 Å². The fourth-order valence-corrected chi connectivity index (χ4v) is 3.03. The summed E-state index contributed by atoms with van der Waals surface area (Å²) < 4.78 is 0. The van der Waals surface area contributed by atoms with Gasteiger partial charge in [0.25, 0.3) is 11.7 Å². The molecule has 3 nitrogen and oxygen atoms in total. The van der Waals surface area contributed by atoms with Crippen LogP contribution in [0.4, 0.5) is 5.69 Å². The Morgan fingerprint density at radius 2 is 1.38 bits per heavy atom. The van der Waals surface area contributed by atoms with Crippen LogP contribution in [0.3, 0.4) is 0 Å². The van der Waals surface area contributed by atoms with Crippen LogP contribution >= 0.6 is 0 Å². The van der Waals surface area contributed by atoms with Crippen molar-refractivity contribution in [1.82, 2.24) is 0 Å². The highest BCUT2D eigenvalue weighted by molar-refractivity contribution is 6.52. The molecule has 3 aromatic rings. The molecule has 0 unspecified atom stereocenters. The van der Waals surface area contributed by atoms with Crippen molar-refractivity contribution in [2.75, 3.05) is 4.90 Å². The number of amides is 1. The van der Waals surface area contributed by atoms with Crippen molar-refractivity contribution in [3.8, 4) is 11.1 Å². The second kappa shape index (κ2) is 5.78.